The van der Waals surface area contributed by atoms with Crippen LogP contribution in [0.2, 0.25) is 5.02 Å². The first-order chi connectivity index (χ1) is 18.6. The average molecular weight is 555 g/mol. The van der Waals surface area contributed by atoms with E-state index < -0.39 is 0 Å². The van der Waals surface area contributed by atoms with Crippen LogP contribution < -0.4 is 4.74 Å². The van der Waals surface area contributed by atoms with Crippen LogP contribution in [0.3, 0.4) is 0 Å². The van der Waals surface area contributed by atoms with Crippen molar-refractivity contribution in [2.24, 2.45) is 10.5 Å². The van der Waals surface area contributed by atoms with E-state index in [0.29, 0.717) is 44.2 Å². The van der Waals surface area contributed by atoms with E-state index in [-0.39, 0.29) is 29.8 Å². The predicted octanol–water partition coefficient (Wildman–Crippen LogP) is 4.62. The van der Waals surface area contributed by atoms with Gasteiger partial charge in [0.05, 0.1) is 32.1 Å². The summed E-state index contributed by atoms with van der Waals surface area (Å²) in [6.07, 6.45) is 0.880. The molecule has 0 spiro atoms. The first-order valence-electron chi connectivity index (χ1n) is 13.5. The Bertz CT molecular complexity index is 1170. The Balaban J connectivity index is 1.58. The number of methoxy groups -OCH3 is 1. The number of ether oxygens (including phenoxy) is 2. The molecule has 1 fully saturated rings. The summed E-state index contributed by atoms with van der Waals surface area (Å²) in [4.78, 5) is 31.2. The van der Waals surface area contributed by atoms with Gasteiger partial charge in [0.15, 0.2) is 0 Å². The van der Waals surface area contributed by atoms with Gasteiger partial charge in [0, 0.05) is 49.6 Å². The molecule has 2 aliphatic rings. The molecule has 210 valence electrons. The molecule has 0 bridgehead atoms. The van der Waals surface area contributed by atoms with Gasteiger partial charge in [0.25, 0.3) is 5.91 Å². The van der Waals surface area contributed by atoms with E-state index in [2.05, 4.69) is 4.90 Å². The molecule has 1 saturated heterocycles. The fourth-order valence-electron chi connectivity index (χ4n) is 4.86. The summed E-state index contributed by atoms with van der Waals surface area (Å²) in [5.74, 6) is 0.491. The van der Waals surface area contributed by atoms with E-state index in [1.165, 1.54) is 5.01 Å². The monoisotopic (exact) mass is 554 g/mol. The van der Waals surface area contributed by atoms with Crippen LogP contribution in [0, 0.1) is 5.41 Å². The van der Waals surface area contributed by atoms with E-state index >= 15 is 0 Å². The van der Waals surface area contributed by atoms with Crippen LogP contribution in [0.5, 0.6) is 5.75 Å². The first-order valence-corrected chi connectivity index (χ1v) is 13.9. The van der Waals surface area contributed by atoms with E-state index in [1.807, 2.05) is 69.3 Å². The maximum absolute atomic E-state index is 13.9. The molecule has 9 heteroatoms. The second-order valence-corrected chi connectivity index (χ2v) is 11.7. The SMILES string of the molecule is COc1ccc([C@@H]2CC(c3ccccc3Cl)=NN2C(=O)CN(CCN2CCOCC2)C(=O)CC(C)(C)C)cc1. The van der Waals surface area contributed by atoms with Crippen molar-refractivity contribution in [2.45, 2.75) is 39.7 Å². The van der Waals surface area contributed by atoms with Crippen molar-refractivity contribution in [3.8, 4) is 5.75 Å². The lowest BCUT2D eigenvalue weighted by atomic mass is 9.91. The predicted molar refractivity (Wildman–Crippen MR) is 153 cm³/mol. The normalized spacial score (nSPS) is 18.1. The summed E-state index contributed by atoms with van der Waals surface area (Å²) in [5.41, 5.74) is 2.30. The van der Waals surface area contributed by atoms with Gasteiger partial charge in [-0.1, -0.05) is 62.7 Å². The highest BCUT2D eigenvalue weighted by Crippen LogP contribution is 2.35. The number of hydrogen-bond donors (Lipinski definition) is 0. The molecule has 0 aromatic heterocycles. The number of halogens is 1. The lowest BCUT2D eigenvalue weighted by Crippen LogP contribution is -2.47. The third-order valence-electron chi connectivity index (χ3n) is 7.00. The van der Waals surface area contributed by atoms with E-state index in [0.717, 1.165) is 35.7 Å². The smallest absolute Gasteiger partial charge is 0.262 e. The lowest BCUT2D eigenvalue weighted by molar-refractivity contribution is -0.142. The molecular formula is C30H39ClN4O4. The van der Waals surface area contributed by atoms with E-state index in [1.54, 1.807) is 12.0 Å². The first kappa shape index (κ1) is 29.1. The molecule has 0 aliphatic carbocycles. The third kappa shape index (κ3) is 7.81. The summed E-state index contributed by atoms with van der Waals surface area (Å²) in [6, 6.07) is 14.9. The van der Waals surface area contributed by atoms with Crippen molar-refractivity contribution in [1.82, 2.24) is 14.8 Å². The van der Waals surface area contributed by atoms with Crippen molar-refractivity contribution >= 4 is 29.1 Å². The number of amides is 2. The molecule has 2 heterocycles. The number of hydrazone groups is 1. The van der Waals surface area contributed by atoms with Gasteiger partial charge in [-0.15, -0.1) is 0 Å². The second kappa shape index (κ2) is 12.9. The van der Waals surface area contributed by atoms with Crippen molar-refractivity contribution < 1.29 is 19.1 Å². The van der Waals surface area contributed by atoms with Crippen LogP contribution in [0.1, 0.15) is 50.8 Å². The van der Waals surface area contributed by atoms with Gasteiger partial charge in [-0.25, -0.2) is 5.01 Å². The van der Waals surface area contributed by atoms with Crippen molar-refractivity contribution in [3.63, 3.8) is 0 Å². The highest BCUT2D eigenvalue weighted by Gasteiger charge is 2.35. The largest absolute Gasteiger partial charge is 0.497 e. The Morgan fingerprint density at radius 2 is 1.79 bits per heavy atom. The Hall–Kier alpha value is -2.94. The molecule has 0 unspecified atom stereocenters. The number of carbonyl (C=O) groups is 2. The van der Waals surface area contributed by atoms with Crippen LogP contribution in [0.25, 0.3) is 0 Å². The third-order valence-corrected chi connectivity index (χ3v) is 7.33. The van der Waals surface area contributed by atoms with Gasteiger partial charge in [0.1, 0.15) is 12.3 Å². The quantitative estimate of drug-likeness (QED) is 0.452. The summed E-state index contributed by atoms with van der Waals surface area (Å²) in [7, 11) is 1.62. The van der Waals surface area contributed by atoms with Gasteiger partial charge in [-0.2, -0.15) is 5.10 Å². The molecule has 39 heavy (non-hydrogen) atoms. The van der Waals surface area contributed by atoms with Crippen LogP contribution in [-0.4, -0.2) is 85.4 Å². The average Bonchev–Trinajstić information content (AvgIpc) is 3.36. The zero-order chi connectivity index (χ0) is 28.0. The number of carbonyl (C=O) groups excluding carboxylic acids is 2. The van der Waals surface area contributed by atoms with Gasteiger partial charge < -0.3 is 14.4 Å². The lowest BCUT2D eigenvalue weighted by Gasteiger charge is -2.32. The number of rotatable bonds is 9. The highest BCUT2D eigenvalue weighted by atomic mass is 35.5. The van der Waals surface area contributed by atoms with Crippen molar-refractivity contribution in [2.75, 3.05) is 53.0 Å². The standard InChI is InChI=1S/C30H39ClN4O4/c1-30(2,3)20-28(36)34(14-13-33-15-17-39-18-16-33)21-29(37)35-27(22-9-11-23(38-4)12-10-22)19-26(32-35)24-7-5-6-8-25(24)31/h5-12,27H,13-21H2,1-4H3/t27-/m0/s1. The van der Waals surface area contributed by atoms with Crippen molar-refractivity contribution in [3.05, 3.63) is 64.7 Å². The fourth-order valence-corrected chi connectivity index (χ4v) is 5.11. The molecule has 1 atom stereocenters. The summed E-state index contributed by atoms with van der Waals surface area (Å²) in [5, 5.41) is 6.90. The summed E-state index contributed by atoms with van der Waals surface area (Å²) in [6.45, 7) is 10.3. The minimum atomic E-state index is -0.312. The number of morpholine rings is 1. The molecule has 0 saturated carbocycles. The summed E-state index contributed by atoms with van der Waals surface area (Å²) >= 11 is 6.50. The van der Waals surface area contributed by atoms with Crippen LogP contribution in [-0.2, 0) is 14.3 Å². The molecule has 2 amide bonds. The van der Waals surface area contributed by atoms with E-state index in [4.69, 9.17) is 26.2 Å². The topological polar surface area (TPSA) is 74.7 Å². The minimum absolute atomic E-state index is 0.0281. The number of benzene rings is 2. The molecule has 0 N–H and O–H groups in total. The van der Waals surface area contributed by atoms with Gasteiger partial charge in [0.2, 0.25) is 5.91 Å². The van der Waals surface area contributed by atoms with Gasteiger partial charge >= 0.3 is 0 Å². The molecule has 2 aliphatic heterocycles. The summed E-state index contributed by atoms with van der Waals surface area (Å²) < 4.78 is 10.8. The van der Waals surface area contributed by atoms with Gasteiger partial charge in [-0.05, 0) is 29.2 Å². The Labute approximate surface area is 236 Å². The zero-order valence-corrected chi connectivity index (χ0v) is 24.1. The number of nitrogens with zero attached hydrogens (tertiary/aromatic N) is 4. The molecule has 8 nitrogen and oxygen atoms in total. The highest BCUT2D eigenvalue weighted by molar-refractivity contribution is 6.34. The Morgan fingerprint density at radius 3 is 2.44 bits per heavy atom. The zero-order valence-electron chi connectivity index (χ0n) is 23.4. The Morgan fingerprint density at radius 1 is 1.10 bits per heavy atom. The molecular weight excluding hydrogens is 516 g/mol. The van der Waals surface area contributed by atoms with Crippen LogP contribution >= 0.6 is 11.6 Å². The minimum Gasteiger partial charge on any atom is -0.497 e. The van der Waals surface area contributed by atoms with E-state index in [9.17, 15) is 9.59 Å². The molecule has 4 rings (SSSR count). The molecule has 0 radical (unpaired) electrons. The Kier molecular flexibility index (Phi) is 9.64. The van der Waals surface area contributed by atoms with Crippen LogP contribution in [0.15, 0.2) is 53.6 Å². The maximum Gasteiger partial charge on any atom is 0.262 e. The second-order valence-electron chi connectivity index (χ2n) is 11.3. The van der Waals surface area contributed by atoms with Gasteiger partial charge in [-0.3, -0.25) is 14.5 Å². The van der Waals surface area contributed by atoms with Crippen LogP contribution in [0.4, 0.5) is 0 Å². The fraction of sp³-hybridized carbons (Fsp3) is 0.500. The maximum atomic E-state index is 13.9. The van der Waals surface area contributed by atoms with Crippen molar-refractivity contribution in [1.29, 1.82) is 0 Å². The molecule has 2 aromatic rings. The number of hydrogen-bond acceptors (Lipinski definition) is 6. The molecule has 2 aromatic carbocycles.